The van der Waals surface area contributed by atoms with Gasteiger partial charge in [-0.3, -0.25) is 9.59 Å². The van der Waals surface area contributed by atoms with E-state index in [1.165, 1.54) is 0 Å². The number of carbonyl (C=O) groups is 2. The number of carboxylic acids is 1. The zero-order chi connectivity index (χ0) is 26.2. The molecule has 1 amide bonds. The van der Waals surface area contributed by atoms with E-state index >= 15 is 0 Å². The summed E-state index contributed by atoms with van der Waals surface area (Å²) in [6.45, 7) is 0.520. The number of hydrogen-bond acceptors (Lipinski definition) is 4. The lowest BCUT2D eigenvalue weighted by Crippen LogP contribution is -2.37. The number of unbranched alkanes of at least 4 members (excludes halogenated alkanes) is 2. The number of carbonyl (C=O) groups excluding carboxylic acids is 1. The van der Waals surface area contributed by atoms with Gasteiger partial charge in [0.2, 0.25) is 0 Å². The quantitative estimate of drug-likeness (QED) is 0.254. The second-order valence-electron chi connectivity index (χ2n) is 9.52. The number of methoxy groups -OCH3 is 1. The van der Waals surface area contributed by atoms with E-state index in [2.05, 4.69) is 7.85 Å². The molecule has 1 aliphatic rings. The Balaban J connectivity index is 1.46. The van der Waals surface area contributed by atoms with E-state index in [4.69, 9.17) is 14.6 Å². The number of rotatable bonds is 13. The molecule has 1 atom stereocenters. The molecule has 0 bridgehead atoms. The second kappa shape index (κ2) is 12.5. The highest BCUT2D eigenvalue weighted by atomic mass is 16.5. The molecule has 7 heteroatoms. The predicted octanol–water partition coefficient (Wildman–Crippen LogP) is 5.32. The van der Waals surface area contributed by atoms with Crippen LogP contribution in [0.4, 0.5) is 0 Å². The summed E-state index contributed by atoms with van der Waals surface area (Å²) in [6.07, 6.45) is 4.45. The van der Waals surface area contributed by atoms with Gasteiger partial charge in [-0.1, -0.05) is 42.5 Å². The first-order chi connectivity index (χ1) is 18.0. The van der Waals surface area contributed by atoms with Crippen molar-refractivity contribution in [3.8, 4) is 22.6 Å². The lowest BCUT2D eigenvalue weighted by molar-refractivity contribution is -0.137. The molecular formula is C30H34BNO5. The maximum atomic E-state index is 13.7. The fourth-order valence-electron chi connectivity index (χ4n) is 4.61. The van der Waals surface area contributed by atoms with Crippen molar-refractivity contribution in [1.82, 2.24) is 4.90 Å². The van der Waals surface area contributed by atoms with Gasteiger partial charge in [-0.15, -0.1) is 0 Å². The molecule has 0 aromatic heterocycles. The molecule has 1 unspecified atom stereocenters. The maximum Gasteiger partial charge on any atom is 0.303 e. The van der Waals surface area contributed by atoms with Crippen molar-refractivity contribution in [2.75, 3.05) is 13.7 Å². The second-order valence-corrected chi connectivity index (χ2v) is 9.52. The van der Waals surface area contributed by atoms with Crippen LogP contribution in [0.25, 0.3) is 11.1 Å². The lowest BCUT2D eigenvalue weighted by atomic mass is 9.86. The van der Waals surface area contributed by atoms with Gasteiger partial charge in [-0.05, 0) is 73.6 Å². The zero-order valence-electron chi connectivity index (χ0n) is 21.6. The Labute approximate surface area is 219 Å². The largest absolute Gasteiger partial charge is 0.497 e. The number of benzene rings is 3. The molecule has 4 rings (SSSR count). The van der Waals surface area contributed by atoms with Gasteiger partial charge < -0.3 is 19.5 Å². The molecule has 0 saturated heterocycles. The van der Waals surface area contributed by atoms with Crippen molar-refractivity contribution < 1.29 is 24.2 Å². The van der Waals surface area contributed by atoms with Crippen LogP contribution in [0.15, 0.2) is 72.8 Å². The van der Waals surface area contributed by atoms with E-state index in [9.17, 15) is 9.59 Å². The van der Waals surface area contributed by atoms with Crippen molar-refractivity contribution >= 4 is 19.7 Å². The van der Waals surface area contributed by atoms with Crippen LogP contribution in [-0.2, 0) is 4.79 Å². The van der Waals surface area contributed by atoms with Gasteiger partial charge in [0, 0.05) is 29.5 Å². The minimum Gasteiger partial charge on any atom is -0.497 e. The number of ether oxygens (including phenoxy) is 2. The highest BCUT2D eigenvalue weighted by Crippen LogP contribution is 2.37. The molecule has 3 aromatic rings. The van der Waals surface area contributed by atoms with Crippen molar-refractivity contribution in [2.45, 2.75) is 50.5 Å². The Kier molecular flexibility index (Phi) is 8.88. The summed E-state index contributed by atoms with van der Waals surface area (Å²) in [5, 5.41) is 8.79. The van der Waals surface area contributed by atoms with Crippen molar-refractivity contribution in [2.24, 2.45) is 0 Å². The minimum atomic E-state index is -0.764. The highest BCUT2D eigenvalue weighted by Gasteiger charge is 2.37. The summed E-state index contributed by atoms with van der Waals surface area (Å²) in [5.41, 5.74) is 3.73. The number of carboxylic acid groups (broad SMARTS) is 1. The first-order valence-electron chi connectivity index (χ1n) is 13.0. The molecule has 1 N–H and O–H groups in total. The average Bonchev–Trinajstić information content (AvgIpc) is 3.76. The van der Waals surface area contributed by atoms with Gasteiger partial charge in [-0.25, -0.2) is 0 Å². The Morgan fingerprint density at radius 1 is 0.973 bits per heavy atom. The van der Waals surface area contributed by atoms with Gasteiger partial charge in [0.15, 0.2) is 0 Å². The van der Waals surface area contributed by atoms with Gasteiger partial charge in [-0.2, -0.15) is 0 Å². The predicted molar refractivity (Wildman–Crippen MR) is 147 cm³/mol. The lowest BCUT2D eigenvalue weighted by Gasteiger charge is -2.31. The number of para-hydroxylation sites is 1. The van der Waals surface area contributed by atoms with E-state index in [0.717, 1.165) is 53.9 Å². The molecule has 192 valence electrons. The van der Waals surface area contributed by atoms with Gasteiger partial charge in [0.1, 0.15) is 19.3 Å². The molecule has 37 heavy (non-hydrogen) atoms. The SMILES string of the molecule is BC(c1ccccc1OCCCCCC(=O)O)N(C(=O)c1ccc(-c2cccc(OC)c2)cc1)C1CC1. The van der Waals surface area contributed by atoms with E-state index in [1.807, 2.05) is 77.7 Å². The first-order valence-corrected chi connectivity index (χ1v) is 13.0. The van der Waals surface area contributed by atoms with E-state index in [1.54, 1.807) is 7.11 Å². The molecule has 1 saturated carbocycles. The van der Waals surface area contributed by atoms with Crippen LogP contribution < -0.4 is 9.47 Å². The maximum absolute atomic E-state index is 13.7. The molecule has 3 aromatic carbocycles. The number of nitrogens with zero attached hydrogens (tertiary/aromatic N) is 1. The fraction of sp³-hybridized carbons (Fsp3) is 0.333. The zero-order valence-corrected chi connectivity index (χ0v) is 21.6. The monoisotopic (exact) mass is 499 g/mol. The Morgan fingerprint density at radius 2 is 1.73 bits per heavy atom. The highest BCUT2D eigenvalue weighted by molar-refractivity contribution is 6.14. The summed E-state index contributed by atoms with van der Waals surface area (Å²) in [7, 11) is 3.72. The van der Waals surface area contributed by atoms with E-state index in [-0.39, 0.29) is 24.3 Å². The molecule has 1 fully saturated rings. The van der Waals surface area contributed by atoms with Crippen molar-refractivity contribution in [3.63, 3.8) is 0 Å². The third-order valence-corrected chi connectivity index (χ3v) is 6.79. The number of aliphatic carboxylic acids is 1. The van der Waals surface area contributed by atoms with Crippen LogP contribution in [0.3, 0.4) is 0 Å². The van der Waals surface area contributed by atoms with Crippen molar-refractivity contribution in [1.29, 1.82) is 0 Å². The normalized spacial score (nSPS) is 13.5. The summed E-state index contributed by atoms with van der Waals surface area (Å²) < 4.78 is 11.4. The Bertz CT molecular complexity index is 1210. The van der Waals surface area contributed by atoms with Crippen LogP contribution in [0.2, 0.25) is 0 Å². The Morgan fingerprint density at radius 3 is 2.43 bits per heavy atom. The Hall–Kier alpha value is -3.74. The van der Waals surface area contributed by atoms with E-state index < -0.39 is 5.97 Å². The van der Waals surface area contributed by atoms with Crippen LogP contribution in [0.1, 0.15) is 60.4 Å². The van der Waals surface area contributed by atoms with Gasteiger partial charge >= 0.3 is 5.97 Å². The van der Waals surface area contributed by atoms with Gasteiger partial charge in [0.25, 0.3) is 5.91 Å². The fourth-order valence-corrected chi connectivity index (χ4v) is 4.61. The van der Waals surface area contributed by atoms with Crippen molar-refractivity contribution in [3.05, 3.63) is 83.9 Å². The molecular weight excluding hydrogens is 465 g/mol. The third kappa shape index (κ3) is 6.94. The average molecular weight is 499 g/mol. The van der Waals surface area contributed by atoms with Crippen LogP contribution in [-0.4, -0.2) is 49.5 Å². The molecule has 0 heterocycles. The number of hydrogen-bond donors (Lipinski definition) is 1. The first kappa shape index (κ1) is 26.3. The van der Waals surface area contributed by atoms with Crippen LogP contribution in [0.5, 0.6) is 11.5 Å². The van der Waals surface area contributed by atoms with Gasteiger partial charge in [0.05, 0.1) is 13.7 Å². The smallest absolute Gasteiger partial charge is 0.303 e. The van der Waals surface area contributed by atoms with Crippen LogP contribution in [0, 0.1) is 0 Å². The third-order valence-electron chi connectivity index (χ3n) is 6.79. The summed E-state index contributed by atoms with van der Waals surface area (Å²) in [5.74, 6) is 0.699. The topological polar surface area (TPSA) is 76.1 Å². The van der Waals surface area contributed by atoms with E-state index in [0.29, 0.717) is 18.6 Å². The molecule has 1 aliphatic carbocycles. The number of amides is 1. The van der Waals surface area contributed by atoms with Crippen LogP contribution >= 0.6 is 0 Å². The summed E-state index contributed by atoms with van der Waals surface area (Å²) in [4.78, 5) is 26.4. The molecule has 0 radical (unpaired) electrons. The summed E-state index contributed by atoms with van der Waals surface area (Å²) in [6, 6.07) is 23.8. The summed E-state index contributed by atoms with van der Waals surface area (Å²) >= 11 is 0. The standard InChI is InChI=1S/C30H34BNO5/c1-36-25-9-7-8-23(20-25)21-13-15-22(16-14-21)30(35)32(24-17-18-24)29(31)26-10-4-5-11-27(26)37-19-6-2-3-12-28(33)34/h4-5,7-11,13-16,20,24,29H,2-3,6,12,17-19,31H2,1H3,(H,33,34). The molecule has 0 spiro atoms. The molecule has 0 aliphatic heterocycles. The molecule has 6 nitrogen and oxygen atoms in total. The minimum absolute atomic E-state index is 0.0238.